The summed E-state index contributed by atoms with van der Waals surface area (Å²) in [4.78, 5) is 11.1. The van der Waals surface area contributed by atoms with Crippen LogP contribution < -0.4 is 4.74 Å². The van der Waals surface area contributed by atoms with Crippen molar-refractivity contribution in [1.82, 2.24) is 9.21 Å². The molecule has 0 atom stereocenters. The fraction of sp³-hybridized carbons (Fsp3) is 0.316. The van der Waals surface area contributed by atoms with E-state index < -0.39 is 75.5 Å². The van der Waals surface area contributed by atoms with Crippen LogP contribution in [0.25, 0.3) is 0 Å². The predicted octanol–water partition coefficient (Wildman–Crippen LogP) is 4.48. The van der Waals surface area contributed by atoms with Crippen molar-refractivity contribution in [2.24, 2.45) is 0 Å². The van der Waals surface area contributed by atoms with Crippen LogP contribution in [0.4, 0.5) is 30.7 Å². The van der Waals surface area contributed by atoms with Crippen molar-refractivity contribution in [3.63, 3.8) is 0 Å². The van der Waals surface area contributed by atoms with Crippen molar-refractivity contribution >= 4 is 39.1 Å². The number of amides is 1. The molecule has 1 heterocycles. The first-order chi connectivity index (χ1) is 16.2. The van der Waals surface area contributed by atoms with E-state index in [1.165, 1.54) is 18.2 Å². The lowest BCUT2D eigenvalue weighted by Crippen LogP contribution is -2.51. The van der Waals surface area contributed by atoms with Crippen molar-refractivity contribution in [3.8, 4) is 5.75 Å². The normalized spacial score (nSPS) is 15.4. The van der Waals surface area contributed by atoms with Gasteiger partial charge in [0.25, 0.3) is 5.91 Å². The molecule has 16 heteroatoms. The van der Waals surface area contributed by atoms with Gasteiger partial charge in [0.2, 0.25) is 10.0 Å². The summed E-state index contributed by atoms with van der Waals surface area (Å²) in [5, 5.41) is 0.430. The van der Waals surface area contributed by atoms with E-state index in [0.29, 0.717) is 9.33 Å². The number of carbonyl (C=O) groups is 1. The number of ether oxygens (including phenoxy) is 1. The van der Waals surface area contributed by atoms with Gasteiger partial charge in [-0.2, -0.15) is 17.5 Å². The third-order valence-electron chi connectivity index (χ3n) is 4.94. The SMILES string of the molecule is O=C(COc1ccc(Cl)cc1Cl)N1CCN(S(=O)(=O)c2c(F)c(F)c(F)c(F)c2C(F)(F)F)CC1. The minimum absolute atomic E-state index is 0.113. The van der Waals surface area contributed by atoms with Crippen molar-refractivity contribution in [3.05, 3.63) is 57.1 Å². The van der Waals surface area contributed by atoms with Crippen molar-refractivity contribution < 1.29 is 48.7 Å². The van der Waals surface area contributed by atoms with Crippen LogP contribution in [-0.2, 0) is 21.0 Å². The molecular formula is C19H13Cl2F7N2O4S. The highest BCUT2D eigenvalue weighted by Gasteiger charge is 2.47. The maximum atomic E-state index is 14.2. The van der Waals surface area contributed by atoms with Gasteiger partial charge in [-0.1, -0.05) is 23.2 Å². The van der Waals surface area contributed by atoms with Gasteiger partial charge in [-0.15, -0.1) is 0 Å². The Bertz CT molecular complexity index is 1270. The second kappa shape index (κ2) is 9.99. The largest absolute Gasteiger partial charge is 0.482 e. The van der Waals surface area contributed by atoms with Gasteiger partial charge in [0, 0.05) is 31.2 Å². The van der Waals surface area contributed by atoms with E-state index in [2.05, 4.69) is 0 Å². The zero-order valence-corrected chi connectivity index (χ0v) is 19.4. The van der Waals surface area contributed by atoms with E-state index in [0.717, 1.165) is 4.90 Å². The smallest absolute Gasteiger partial charge is 0.420 e. The van der Waals surface area contributed by atoms with E-state index >= 15 is 0 Å². The lowest BCUT2D eigenvalue weighted by Gasteiger charge is -2.34. The molecule has 35 heavy (non-hydrogen) atoms. The quantitative estimate of drug-likeness (QED) is 0.303. The molecule has 2 aromatic carbocycles. The van der Waals surface area contributed by atoms with Crippen LogP contribution in [0.2, 0.25) is 10.0 Å². The molecular weight excluding hydrogens is 556 g/mol. The van der Waals surface area contributed by atoms with Crippen LogP contribution >= 0.6 is 23.2 Å². The topological polar surface area (TPSA) is 66.9 Å². The summed E-state index contributed by atoms with van der Waals surface area (Å²) in [6.07, 6.45) is -5.86. The molecule has 1 saturated heterocycles. The van der Waals surface area contributed by atoms with Crippen molar-refractivity contribution in [1.29, 1.82) is 0 Å². The molecule has 1 aliphatic rings. The maximum absolute atomic E-state index is 14.2. The number of carbonyl (C=O) groups excluding carboxylic acids is 1. The molecule has 6 nitrogen and oxygen atoms in total. The van der Waals surface area contributed by atoms with Crippen LogP contribution in [0.15, 0.2) is 23.1 Å². The Morgan fingerprint density at radius 1 is 0.943 bits per heavy atom. The fourth-order valence-corrected chi connectivity index (χ4v) is 5.38. The first kappa shape index (κ1) is 27.3. The molecule has 0 aliphatic carbocycles. The Hall–Kier alpha value is -2.29. The van der Waals surface area contributed by atoms with E-state index in [1.807, 2.05) is 0 Å². The molecule has 0 aromatic heterocycles. The standard InChI is InChI=1S/C19H13Cl2F7N2O4S/c20-9-1-2-11(10(21)7-9)34-8-12(31)29-3-5-30(6-4-29)35(32,33)18-13(19(26,27)28)14(22)15(23)16(24)17(18)25/h1-2,7H,3-6,8H2. The third kappa shape index (κ3) is 5.44. The van der Waals surface area contributed by atoms with Crippen molar-refractivity contribution in [2.75, 3.05) is 32.8 Å². The molecule has 1 amide bonds. The summed E-state index contributed by atoms with van der Waals surface area (Å²) in [6.45, 7) is -2.56. The molecule has 1 fully saturated rings. The second-order valence-electron chi connectivity index (χ2n) is 7.11. The van der Waals surface area contributed by atoms with Gasteiger partial charge in [-0.25, -0.2) is 26.0 Å². The zero-order valence-electron chi connectivity index (χ0n) is 17.1. The van der Waals surface area contributed by atoms with E-state index in [1.54, 1.807) is 0 Å². The molecule has 2 aromatic rings. The minimum atomic E-state index is -5.86. The number of nitrogens with zero attached hydrogens (tertiary/aromatic N) is 2. The highest BCUT2D eigenvalue weighted by atomic mass is 35.5. The van der Waals surface area contributed by atoms with E-state index in [9.17, 15) is 43.9 Å². The lowest BCUT2D eigenvalue weighted by atomic mass is 10.2. The summed E-state index contributed by atoms with van der Waals surface area (Å²) in [6, 6.07) is 4.21. The Morgan fingerprint density at radius 2 is 1.51 bits per heavy atom. The predicted molar refractivity (Wildman–Crippen MR) is 109 cm³/mol. The number of hydrogen-bond donors (Lipinski definition) is 0. The van der Waals surface area contributed by atoms with Gasteiger partial charge in [-0.05, 0) is 18.2 Å². The number of benzene rings is 2. The molecule has 0 unspecified atom stereocenters. The summed E-state index contributed by atoms with van der Waals surface area (Å²) in [5.41, 5.74) is -2.79. The average Bonchev–Trinajstić information content (AvgIpc) is 2.78. The Balaban J connectivity index is 1.78. The molecule has 192 valence electrons. The third-order valence-corrected chi connectivity index (χ3v) is 7.42. The molecule has 0 N–H and O–H groups in total. The van der Waals surface area contributed by atoms with Gasteiger partial charge >= 0.3 is 6.18 Å². The maximum Gasteiger partial charge on any atom is 0.420 e. The monoisotopic (exact) mass is 568 g/mol. The molecule has 0 radical (unpaired) electrons. The second-order valence-corrected chi connectivity index (χ2v) is 9.82. The van der Waals surface area contributed by atoms with Gasteiger partial charge in [0.1, 0.15) is 16.2 Å². The van der Waals surface area contributed by atoms with Crippen LogP contribution in [0.5, 0.6) is 5.75 Å². The minimum Gasteiger partial charge on any atom is -0.482 e. The Kier molecular flexibility index (Phi) is 7.79. The molecule has 0 saturated carbocycles. The van der Waals surface area contributed by atoms with Crippen LogP contribution in [0.1, 0.15) is 5.56 Å². The fourth-order valence-electron chi connectivity index (χ4n) is 3.24. The Labute approximate surface area is 203 Å². The average molecular weight is 569 g/mol. The molecule has 0 bridgehead atoms. The van der Waals surface area contributed by atoms with Gasteiger partial charge in [0.15, 0.2) is 29.9 Å². The number of rotatable bonds is 5. The number of alkyl halides is 3. The first-order valence-corrected chi connectivity index (χ1v) is 11.6. The van der Waals surface area contributed by atoms with Crippen molar-refractivity contribution in [2.45, 2.75) is 11.1 Å². The van der Waals surface area contributed by atoms with Gasteiger partial charge in [-0.3, -0.25) is 4.79 Å². The molecule has 3 rings (SSSR count). The highest BCUT2D eigenvalue weighted by Crippen LogP contribution is 2.40. The number of sulfonamides is 1. The van der Waals surface area contributed by atoms with Crippen LogP contribution in [0.3, 0.4) is 0 Å². The van der Waals surface area contributed by atoms with Gasteiger partial charge < -0.3 is 9.64 Å². The zero-order chi connectivity index (χ0) is 26.3. The summed E-state index contributed by atoms with van der Waals surface area (Å²) in [7, 11) is -5.49. The van der Waals surface area contributed by atoms with E-state index in [4.69, 9.17) is 27.9 Å². The lowest BCUT2D eigenvalue weighted by molar-refractivity contribution is -0.143. The summed E-state index contributed by atoms with van der Waals surface area (Å²) < 4.78 is 126. The van der Waals surface area contributed by atoms with Crippen LogP contribution in [-0.4, -0.2) is 56.3 Å². The first-order valence-electron chi connectivity index (χ1n) is 9.45. The van der Waals surface area contributed by atoms with E-state index in [-0.39, 0.29) is 23.9 Å². The molecule has 0 spiro atoms. The number of piperazine rings is 1. The highest BCUT2D eigenvalue weighted by molar-refractivity contribution is 7.89. The number of hydrogen-bond acceptors (Lipinski definition) is 4. The summed E-state index contributed by atoms with van der Waals surface area (Å²) in [5.74, 6) is -11.6. The number of halogens is 9. The molecule has 1 aliphatic heterocycles. The van der Waals surface area contributed by atoms with Crippen LogP contribution in [0, 0.1) is 23.3 Å². The summed E-state index contributed by atoms with van der Waals surface area (Å²) >= 11 is 11.7. The van der Waals surface area contributed by atoms with Gasteiger partial charge in [0.05, 0.1) is 5.02 Å². The Morgan fingerprint density at radius 3 is 2.06 bits per heavy atom.